The summed E-state index contributed by atoms with van der Waals surface area (Å²) >= 11 is 18.6. The molecule has 0 saturated heterocycles. The Bertz CT molecular complexity index is 1220. The molecule has 0 bridgehead atoms. The highest BCUT2D eigenvalue weighted by molar-refractivity contribution is 6.36. The predicted molar refractivity (Wildman–Crippen MR) is 123 cm³/mol. The van der Waals surface area contributed by atoms with Gasteiger partial charge in [0.05, 0.1) is 10.7 Å². The fourth-order valence-corrected chi connectivity index (χ4v) is 3.77. The largest absolute Gasteiger partial charge is 0.305 e. The van der Waals surface area contributed by atoms with E-state index in [1.165, 1.54) is 0 Å². The van der Waals surface area contributed by atoms with E-state index in [1.807, 2.05) is 47.9 Å². The van der Waals surface area contributed by atoms with E-state index >= 15 is 0 Å². The Kier molecular flexibility index (Phi) is 5.82. The summed E-state index contributed by atoms with van der Waals surface area (Å²) in [7, 11) is 0. The summed E-state index contributed by atoms with van der Waals surface area (Å²) in [5.41, 5.74) is 2.83. The van der Waals surface area contributed by atoms with Crippen LogP contribution in [0.5, 0.6) is 0 Å². The number of rotatable bonds is 4. The van der Waals surface area contributed by atoms with Crippen molar-refractivity contribution in [2.45, 2.75) is 6.92 Å². The maximum Gasteiger partial charge on any atom is 0.256 e. The molecule has 7 heteroatoms. The second kappa shape index (κ2) is 8.52. The van der Waals surface area contributed by atoms with Gasteiger partial charge >= 0.3 is 0 Å². The molecule has 1 aromatic heterocycles. The van der Waals surface area contributed by atoms with Gasteiger partial charge in [-0.25, -0.2) is 4.98 Å². The van der Waals surface area contributed by atoms with Gasteiger partial charge in [-0.15, -0.1) is 0 Å². The number of aromatic nitrogens is 2. The fourth-order valence-electron chi connectivity index (χ4n) is 3.15. The van der Waals surface area contributed by atoms with Crippen molar-refractivity contribution in [3.05, 3.63) is 99.1 Å². The van der Waals surface area contributed by atoms with Gasteiger partial charge in [0, 0.05) is 26.9 Å². The zero-order valence-corrected chi connectivity index (χ0v) is 18.1. The van der Waals surface area contributed by atoms with Crippen LogP contribution in [0.1, 0.15) is 16.1 Å². The summed E-state index contributed by atoms with van der Waals surface area (Å²) in [5.74, 6) is 0.785. The zero-order chi connectivity index (χ0) is 21.3. The van der Waals surface area contributed by atoms with Crippen molar-refractivity contribution in [2.24, 2.45) is 0 Å². The smallest absolute Gasteiger partial charge is 0.256 e. The predicted octanol–water partition coefficient (Wildman–Crippen LogP) is 7.06. The van der Waals surface area contributed by atoms with E-state index < -0.39 is 0 Å². The number of nitrogens with zero attached hydrogens (tertiary/aromatic N) is 2. The summed E-state index contributed by atoms with van der Waals surface area (Å²) in [5, 5.41) is 4.52. The van der Waals surface area contributed by atoms with Gasteiger partial charge in [-0.05, 0) is 61.5 Å². The van der Waals surface area contributed by atoms with Gasteiger partial charge in [-0.1, -0.05) is 53.0 Å². The van der Waals surface area contributed by atoms with Gasteiger partial charge in [-0.2, -0.15) is 0 Å². The molecule has 4 nitrogen and oxygen atoms in total. The molecule has 0 fully saturated rings. The first-order valence-electron chi connectivity index (χ1n) is 9.11. The lowest BCUT2D eigenvalue weighted by molar-refractivity contribution is 0.102. The molecule has 0 unspecified atom stereocenters. The summed E-state index contributed by atoms with van der Waals surface area (Å²) in [6.45, 7) is 1.88. The lowest BCUT2D eigenvalue weighted by Crippen LogP contribution is -2.13. The first kappa shape index (κ1) is 20.5. The highest BCUT2D eigenvalue weighted by atomic mass is 35.5. The second-order valence-corrected chi connectivity index (χ2v) is 7.91. The molecule has 1 N–H and O–H groups in total. The number of carbonyl (C=O) groups excluding carboxylic acids is 1. The summed E-state index contributed by atoms with van der Waals surface area (Å²) in [4.78, 5) is 17.4. The number of anilines is 1. The van der Waals surface area contributed by atoms with E-state index in [1.54, 1.807) is 36.4 Å². The van der Waals surface area contributed by atoms with Crippen molar-refractivity contribution in [1.29, 1.82) is 0 Å². The molecular weight excluding hydrogens is 441 g/mol. The standard InChI is InChI=1S/C23H16Cl3N3O/c1-14-21(28-23(30)15-5-3-2-4-6-15)27-22(19-12-9-17(25)13-20(19)26)29(14)18-10-7-16(24)8-11-18/h2-13H,1H3,(H,28,30). The van der Waals surface area contributed by atoms with Crippen molar-refractivity contribution in [3.8, 4) is 17.1 Å². The van der Waals surface area contributed by atoms with Crippen LogP contribution in [0.3, 0.4) is 0 Å². The maximum absolute atomic E-state index is 12.7. The zero-order valence-electron chi connectivity index (χ0n) is 15.9. The van der Waals surface area contributed by atoms with E-state index in [0.717, 1.165) is 11.4 Å². The number of imidazole rings is 1. The number of benzene rings is 3. The van der Waals surface area contributed by atoms with Crippen LogP contribution < -0.4 is 5.32 Å². The third-order valence-corrected chi connectivity index (χ3v) is 5.43. The Hall–Kier alpha value is -2.79. The molecule has 4 rings (SSSR count). The fraction of sp³-hybridized carbons (Fsp3) is 0.0435. The molecule has 1 amide bonds. The molecule has 0 atom stereocenters. The number of halogens is 3. The van der Waals surface area contributed by atoms with Gasteiger partial charge < -0.3 is 5.32 Å². The minimum Gasteiger partial charge on any atom is -0.305 e. The topological polar surface area (TPSA) is 46.9 Å². The lowest BCUT2D eigenvalue weighted by atomic mass is 10.2. The minimum atomic E-state index is -0.242. The van der Waals surface area contributed by atoms with Crippen LogP contribution in [0.2, 0.25) is 15.1 Å². The first-order chi connectivity index (χ1) is 14.4. The summed E-state index contributed by atoms with van der Waals surface area (Å²) in [6, 6.07) is 21.6. The van der Waals surface area contributed by atoms with Crippen molar-refractivity contribution < 1.29 is 4.79 Å². The number of amides is 1. The molecule has 0 saturated carbocycles. The summed E-state index contributed by atoms with van der Waals surface area (Å²) in [6.07, 6.45) is 0. The molecular formula is C23H16Cl3N3O. The van der Waals surface area contributed by atoms with E-state index in [9.17, 15) is 4.79 Å². The normalized spacial score (nSPS) is 10.8. The quantitative estimate of drug-likeness (QED) is 0.357. The third kappa shape index (κ3) is 4.08. The van der Waals surface area contributed by atoms with Crippen LogP contribution in [0.4, 0.5) is 5.82 Å². The number of nitrogens with one attached hydrogen (secondary N) is 1. The number of carbonyl (C=O) groups is 1. The highest BCUT2D eigenvalue weighted by Crippen LogP contribution is 2.34. The molecule has 0 aliphatic carbocycles. The minimum absolute atomic E-state index is 0.242. The van der Waals surface area contributed by atoms with Crippen LogP contribution in [0, 0.1) is 6.92 Å². The van der Waals surface area contributed by atoms with E-state index in [0.29, 0.717) is 37.8 Å². The monoisotopic (exact) mass is 455 g/mol. The van der Waals surface area contributed by atoms with Gasteiger partial charge in [-0.3, -0.25) is 9.36 Å². The van der Waals surface area contributed by atoms with E-state index in [-0.39, 0.29) is 5.91 Å². The maximum atomic E-state index is 12.7. The molecule has 4 aromatic rings. The van der Waals surface area contributed by atoms with Crippen LogP contribution in [0.25, 0.3) is 17.1 Å². The van der Waals surface area contributed by atoms with Crippen molar-refractivity contribution in [3.63, 3.8) is 0 Å². The highest BCUT2D eigenvalue weighted by Gasteiger charge is 2.20. The van der Waals surface area contributed by atoms with E-state index in [2.05, 4.69) is 5.32 Å². The molecule has 0 radical (unpaired) electrons. The molecule has 30 heavy (non-hydrogen) atoms. The van der Waals surface area contributed by atoms with Crippen LogP contribution in [0.15, 0.2) is 72.8 Å². The van der Waals surface area contributed by atoms with Crippen LogP contribution >= 0.6 is 34.8 Å². The SMILES string of the molecule is Cc1c(NC(=O)c2ccccc2)nc(-c2ccc(Cl)cc2Cl)n1-c1ccc(Cl)cc1. The molecule has 0 aliphatic rings. The number of hydrogen-bond donors (Lipinski definition) is 1. The Morgan fingerprint density at radius 2 is 1.57 bits per heavy atom. The van der Waals surface area contributed by atoms with Crippen molar-refractivity contribution >= 4 is 46.5 Å². The first-order valence-corrected chi connectivity index (χ1v) is 10.2. The molecule has 150 valence electrons. The number of hydrogen-bond acceptors (Lipinski definition) is 2. The van der Waals surface area contributed by atoms with Gasteiger partial charge in [0.25, 0.3) is 5.91 Å². The van der Waals surface area contributed by atoms with Crippen LogP contribution in [-0.4, -0.2) is 15.5 Å². The van der Waals surface area contributed by atoms with Crippen LogP contribution in [-0.2, 0) is 0 Å². The average Bonchev–Trinajstić information content (AvgIpc) is 3.05. The Morgan fingerprint density at radius 3 is 2.23 bits per heavy atom. The molecule has 1 heterocycles. The third-order valence-electron chi connectivity index (χ3n) is 4.63. The van der Waals surface area contributed by atoms with Gasteiger partial charge in [0.15, 0.2) is 5.82 Å². The van der Waals surface area contributed by atoms with Crippen molar-refractivity contribution in [2.75, 3.05) is 5.32 Å². The average molecular weight is 457 g/mol. The summed E-state index contributed by atoms with van der Waals surface area (Å²) < 4.78 is 1.92. The molecule has 0 spiro atoms. The Morgan fingerprint density at radius 1 is 0.900 bits per heavy atom. The molecule has 3 aromatic carbocycles. The Balaban J connectivity index is 1.84. The van der Waals surface area contributed by atoms with E-state index in [4.69, 9.17) is 39.8 Å². The lowest BCUT2D eigenvalue weighted by Gasteiger charge is -2.12. The Labute approximate surface area is 189 Å². The van der Waals surface area contributed by atoms with Gasteiger partial charge in [0.2, 0.25) is 0 Å². The van der Waals surface area contributed by atoms with Gasteiger partial charge in [0.1, 0.15) is 5.82 Å². The van der Waals surface area contributed by atoms with Crippen molar-refractivity contribution in [1.82, 2.24) is 9.55 Å². The molecule has 0 aliphatic heterocycles. The second-order valence-electron chi connectivity index (χ2n) is 6.63.